The van der Waals surface area contributed by atoms with Crippen LogP contribution in [0, 0.1) is 0 Å². The second kappa shape index (κ2) is 9.80. The quantitative estimate of drug-likeness (QED) is 0.635. The van der Waals surface area contributed by atoms with E-state index < -0.39 is 5.67 Å². The Bertz CT molecular complexity index is 877. The number of hydrogen-bond donors (Lipinski definition) is 1. The lowest BCUT2D eigenvalue weighted by molar-refractivity contribution is 0.0626. The molecule has 1 aromatic carbocycles. The molecule has 2 aliphatic rings. The third-order valence-corrected chi connectivity index (χ3v) is 7.29. The fourth-order valence-corrected chi connectivity index (χ4v) is 4.92. The van der Waals surface area contributed by atoms with Gasteiger partial charge in [0.1, 0.15) is 5.67 Å². The molecule has 168 valence electrons. The van der Waals surface area contributed by atoms with Gasteiger partial charge in [-0.05, 0) is 56.4 Å². The van der Waals surface area contributed by atoms with Gasteiger partial charge in [0.2, 0.25) is 0 Å². The zero-order valence-corrected chi connectivity index (χ0v) is 19.0. The van der Waals surface area contributed by atoms with E-state index in [-0.39, 0.29) is 11.9 Å². The van der Waals surface area contributed by atoms with E-state index in [0.29, 0.717) is 47.9 Å². The minimum Gasteiger partial charge on any atom is -0.459 e. The van der Waals surface area contributed by atoms with Crippen LogP contribution < -0.4 is 10.2 Å². The first-order chi connectivity index (χ1) is 14.9. The lowest BCUT2D eigenvalue weighted by Gasteiger charge is -2.39. The predicted molar refractivity (Wildman–Crippen MR) is 122 cm³/mol. The van der Waals surface area contributed by atoms with Crippen molar-refractivity contribution in [3.8, 4) is 0 Å². The zero-order valence-electron chi connectivity index (χ0n) is 17.5. The molecule has 31 heavy (non-hydrogen) atoms. The molecule has 2 heterocycles. The van der Waals surface area contributed by atoms with E-state index in [0.717, 1.165) is 38.4 Å². The molecule has 1 N–H and O–H groups in total. The standard InChI is InChI=1S/C23H28Cl2FN3O2/c24-18-3-1-4-19(21(18)25)29-14-12-28(13-15-29)11-10-23(26)8-6-17(7-9-23)27-22(30)20-5-2-16-31-20/h1-5,16-17H,6-15H2,(H,27,30). The van der Waals surface area contributed by atoms with Gasteiger partial charge in [0.25, 0.3) is 5.91 Å². The summed E-state index contributed by atoms with van der Waals surface area (Å²) >= 11 is 12.5. The Hall–Kier alpha value is -1.76. The molecule has 1 aliphatic heterocycles. The maximum Gasteiger partial charge on any atom is 0.287 e. The van der Waals surface area contributed by atoms with E-state index in [9.17, 15) is 4.79 Å². The van der Waals surface area contributed by atoms with Crippen molar-refractivity contribution in [2.75, 3.05) is 37.6 Å². The molecule has 2 fully saturated rings. The number of furan rings is 1. The fraction of sp³-hybridized carbons (Fsp3) is 0.522. The SMILES string of the molecule is O=C(NC1CCC(F)(CCN2CCN(c3cccc(Cl)c3Cl)CC2)CC1)c1ccco1. The van der Waals surface area contributed by atoms with Gasteiger partial charge in [-0.3, -0.25) is 9.69 Å². The molecule has 1 saturated heterocycles. The van der Waals surface area contributed by atoms with Gasteiger partial charge in [-0.2, -0.15) is 0 Å². The van der Waals surface area contributed by atoms with Crippen molar-refractivity contribution in [3.63, 3.8) is 0 Å². The number of nitrogens with zero attached hydrogens (tertiary/aromatic N) is 2. The van der Waals surface area contributed by atoms with Gasteiger partial charge in [0.05, 0.1) is 22.0 Å². The molecule has 0 unspecified atom stereocenters. The van der Waals surface area contributed by atoms with Crippen molar-refractivity contribution in [3.05, 3.63) is 52.4 Å². The topological polar surface area (TPSA) is 48.7 Å². The summed E-state index contributed by atoms with van der Waals surface area (Å²) in [6.07, 6.45) is 4.28. The number of halogens is 3. The average molecular weight is 468 g/mol. The van der Waals surface area contributed by atoms with E-state index in [2.05, 4.69) is 15.1 Å². The zero-order chi connectivity index (χ0) is 21.8. The summed E-state index contributed by atoms with van der Waals surface area (Å²) in [4.78, 5) is 16.7. The van der Waals surface area contributed by atoms with E-state index in [1.54, 1.807) is 18.2 Å². The van der Waals surface area contributed by atoms with Crippen LogP contribution in [0.15, 0.2) is 41.0 Å². The van der Waals surface area contributed by atoms with Crippen LogP contribution in [-0.4, -0.2) is 55.2 Å². The van der Waals surface area contributed by atoms with Crippen molar-refractivity contribution < 1.29 is 13.6 Å². The molecule has 2 aromatic rings. The van der Waals surface area contributed by atoms with Gasteiger partial charge in [0.15, 0.2) is 5.76 Å². The fourth-order valence-electron chi connectivity index (χ4n) is 4.50. The van der Waals surface area contributed by atoms with Gasteiger partial charge < -0.3 is 14.6 Å². The normalized spacial score (nSPS) is 24.9. The van der Waals surface area contributed by atoms with E-state index in [1.807, 2.05) is 12.1 Å². The molecule has 1 saturated carbocycles. The average Bonchev–Trinajstić information content (AvgIpc) is 3.32. The van der Waals surface area contributed by atoms with Crippen molar-refractivity contribution in [1.29, 1.82) is 0 Å². The van der Waals surface area contributed by atoms with Crippen LogP contribution in [0.5, 0.6) is 0 Å². The largest absolute Gasteiger partial charge is 0.459 e. The van der Waals surface area contributed by atoms with Crippen LogP contribution in [0.25, 0.3) is 0 Å². The Morgan fingerprint density at radius 3 is 2.55 bits per heavy atom. The van der Waals surface area contributed by atoms with Crippen molar-refractivity contribution >= 4 is 34.8 Å². The molecular formula is C23H28Cl2FN3O2. The Labute approximate surface area is 192 Å². The minimum atomic E-state index is -1.15. The highest BCUT2D eigenvalue weighted by atomic mass is 35.5. The number of benzene rings is 1. The maximum atomic E-state index is 15.4. The number of carbonyl (C=O) groups is 1. The van der Waals surface area contributed by atoms with Crippen LogP contribution >= 0.6 is 23.2 Å². The smallest absolute Gasteiger partial charge is 0.287 e. The molecule has 0 bridgehead atoms. The highest BCUT2D eigenvalue weighted by molar-refractivity contribution is 6.43. The first kappa shape index (κ1) is 22.4. The molecule has 0 spiro atoms. The summed E-state index contributed by atoms with van der Waals surface area (Å²) in [5, 5.41) is 4.12. The van der Waals surface area contributed by atoms with Gasteiger partial charge in [0, 0.05) is 38.8 Å². The Balaban J connectivity index is 1.20. The molecule has 8 heteroatoms. The van der Waals surface area contributed by atoms with Gasteiger partial charge in [-0.1, -0.05) is 29.3 Å². The summed E-state index contributed by atoms with van der Waals surface area (Å²) in [6.45, 7) is 4.19. The van der Waals surface area contributed by atoms with Crippen LogP contribution in [-0.2, 0) is 0 Å². The highest BCUT2D eigenvalue weighted by Gasteiger charge is 2.36. The van der Waals surface area contributed by atoms with Crippen molar-refractivity contribution in [2.45, 2.75) is 43.8 Å². The number of carbonyl (C=O) groups excluding carboxylic acids is 1. The molecule has 1 aromatic heterocycles. The van der Waals surface area contributed by atoms with Crippen molar-refractivity contribution in [2.24, 2.45) is 0 Å². The molecule has 4 rings (SSSR count). The van der Waals surface area contributed by atoms with Gasteiger partial charge in [-0.25, -0.2) is 4.39 Å². The summed E-state index contributed by atoms with van der Waals surface area (Å²) < 4.78 is 20.5. The summed E-state index contributed by atoms with van der Waals surface area (Å²) in [5.74, 6) is 0.0781. The molecule has 0 radical (unpaired) electrons. The second-order valence-electron chi connectivity index (χ2n) is 8.53. The first-order valence-electron chi connectivity index (χ1n) is 10.9. The maximum absolute atomic E-state index is 15.4. The summed E-state index contributed by atoms with van der Waals surface area (Å²) in [6, 6.07) is 9.03. The number of hydrogen-bond acceptors (Lipinski definition) is 4. The lowest BCUT2D eigenvalue weighted by Crippen LogP contribution is -2.48. The third-order valence-electron chi connectivity index (χ3n) is 6.48. The van der Waals surface area contributed by atoms with Crippen LogP contribution in [0.3, 0.4) is 0 Å². The van der Waals surface area contributed by atoms with E-state index in [1.165, 1.54) is 6.26 Å². The molecule has 5 nitrogen and oxygen atoms in total. The number of alkyl halides is 1. The summed E-state index contributed by atoms with van der Waals surface area (Å²) in [5.41, 5.74) is -0.190. The van der Waals surface area contributed by atoms with Gasteiger partial charge >= 0.3 is 0 Å². The molecular weight excluding hydrogens is 440 g/mol. The highest BCUT2D eigenvalue weighted by Crippen LogP contribution is 2.36. The van der Waals surface area contributed by atoms with E-state index >= 15 is 4.39 Å². The number of nitrogens with one attached hydrogen (secondary N) is 1. The summed E-state index contributed by atoms with van der Waals surface area (Å²) in [7, 11) is 0. The molecule has 0 atom stereocenters. The Kier molecular flexibility index (Phi) is 7.09. The third kappa shape index (κ3) is 5.54. The van der Waals surface area contributed by atoms with Gasteiger partial charge in [-0.15, -0.1) is 0 Å². The first-order valence-corrected chi connectivity index (χ1v) is 11.6. The Morgan fingerprint density at radius 1 is 1.13 bits per heavy atom. The number of anilines is 1. The Morgan fingerprint density at radius 2 is 1.87 bits per heavy atom. The molecule has 1 aliphatic carbocycles. The number of piperazine rings is 1. The van der Waals surface area contributed by atoms with Crippen LogP contribution in [0.1, 0.15) is 42.7 Å². The predicted octanol–water partition coefficient (Wildman–Crippen LogP) is 5.18. The van der Waals surface area contributed by atoms with Crippen LogP contribution in [0.4, 0.5) is 10.1 Å². The minimum absolute atomic E-state index is 0.00691. The molecule has 1 amide bonds. The second-order valence-corrected chi connectivity index (χ2v) is 9.31. The number of amides is 1. The van der Waals surface area contributed by atoms with E-state index in [4.69, 9.17) is 27.6 Å². The lowest BCUT2D eigenvalue weighted by atomic mass is 9.81. The monoisotopic (exact) mass is 467 g/mol. The van der Waals surface area contributed by atoms with Crippen LogP contribution in [0.2, 0.25) is 10.0 Å². The van der Waals surface area contributed by atoms with Crippen molar-refractivity contribution in [1.82, 2.24) is 10.2 Å². The number of rotatable bonds is 6.